The lowest BCUT2D eigenvalue weighted by molar-refractivity contribution is -0.129. The van der Waals surface area contributed by atoms with E-state index in [9.17, 15) is 9.18 Å². The van der Waals surface area contributed by atoms with Gasteiger partial charge in [-0.2, -0.15) is 5.10 Å². The van der Waals surface area contributed by atoms with Crippen LogP contribution in [0.3, 0.4) is 0 Å². The summed E-state index contributed by atoms with van der Waals surface area (Å²) in [7, 11) is 0. The van der Waals surface area contributed by atoms with Crippen molar-refractivity contribution in [2.24, 2.45) is 0 Å². The maximum Gasteiger partial charge on any atom is 0.233 e. The molecule has 1 aliphatic rings. The Balaban J connectivity index is 1.44. The minimum absolute atomic E-state index is 0.0626. The molecule has 0 radical (unpaired) electrons. The van der Waals surface area contributed by atoms with Crippen molar-refractivity contribution in [2.75, 3.05) is 18.8 Å². The molecular weight excluding hydrogens is 385 g/mol. The van der Waals surface area contributed by atoms with Gasteiger partial charge in [-0.1, -0.05) is 0 Å². The van der Waals surface area contributed by atoms with Crippen LogP contribution in [0, 0.1) is 12.7 Å². The molecule has 154 valence electrons. The van der Waals surface area contributed by atoms with Gasteiger partial charge in [0.25, 0.3) is 0 Å². The molecule has 1 saturated heterocycles. The van der Waals surface area contributed by atoms with Crippen LogP contribution in [0.5, 0.6) is 5.88 Å². The zero-order valence-electron chi connectivity index (χ0n) is 16.6. The molecule has 1 aromatic carbocycles. The third-order valence-corrected chi connectivity index (χ3v) is 5.13. The number of aryl methyl sites for hydroxylation is 1. The Hall–Kier alpha value is -3.55. The van der Waals surface area contributed by atoms with Crippen molar-refractivity contribution < 1.29 is 13.9 Å². The molecule has 1 atom stereocenters. The molecule has 8 heteroatoms. The van der Waals surface area contributed by atoms with Crippen molar-refractivity contribution in [3.63, 3.8) is 0 Å². The largest absolute Gasteiger partial charge is 0.471 e. The van der Waals surface area contributed by atoms with Gasteiger partial charge in [0.2, 0.25) is 11.8 Å². The zero-order chi connectivity index (χ0) is 21.1. The van der Waals surface area contributed by atoms with Crippen molar-refractivity contribution in [3.8, 4) is 17.1 Å². The molecule has 3 aromatic rings. The number of amides is 1. The minimum Gasteiger partial charge on any atom is -0.471 e. The molecule has 1 aliphatic heterocycles. The number of pyridine rings is 1. The van der Waals surface area contributed by atoms with Crippen molar-refractivity contribution in [3.05, 3.63) is 65.7 Å². The summed E-state index contributed by atoms with van der Waals surface area (Å²) in [5.74, 6) is 0.0897. The first-order chi connectivity index (χ1) is 14.5. The molecule has 1 fully saturated rings. The van der Waals surface area contributed by atoms with Gasteiger partial charge in [0, 0.05) is 30.8 Å². The van der Waals surface area contributed by atoms with Gasteiger partial charge < -0.3 is 15.4 Å². The standard InChI is InChI=1S/C22H22FN5O2/c1-14-11-15(23)4-5-17(14)19-7-6-18(24)20(26-19)12-22(29)28-10-8-16(13-28)30-21-3-2-9-25-27-21/h2-7,9,11,16H,8,10,12-13,24H2,1H3. The van der Waals surface area contributed by atoms with E-state index in [-0.39, 0.29) is 24.2 Å². The number of ether oxygens (including phenoxy) is 1. The van der Waals surface area contributed by atoms with Crippen LogP contribution in [-0.2, 0) is 11.2 Å². The van der Waals surface area contributed by atoms with Crippen LogP contribution in [0.1, 0.15) is 17.7 Å². The van der Waals surface area contributed by atoms with E-state index in [2.05, 4.69) is 15.2 Å². The summed E-state index contributed by atoms with van der Waals surface area (Å²) in [6.07, 6.45) is 2.28. The third-order valence-electron chi connectivity index (χ3n) is 5.13. The smallest absolute Gasteiger partial charge is 0.233 e. The number of aromatic nitrogens is 3. The lowest BCUT2D eigenvalue weighted by Crippen LogP contribution is -2.32. The second-order valence-corrected chi connectivity index (χ2v) is 7.30. The summed E-state index contributed by atoms with van der Waals surface area (Å²) < 4.78 is 19.2. The van der Waals surface area contributed by atoms with Gasteiger partial charge in [-0.05, 0) is 48.9 Å². The van der Waals surface area contributed by atoms with Crippen molar-refractivity contribution >= 4 is 11.6 Å². The molecule has 30 heavy (non-hydrogen) atoms. The first-order valence-electron chi connectivity index (χ1n) is 9.73. The highest BCUT2D eigenvalue weighted by atomic mass is 19.1. The number of halogens is 1. The number of hydrogen-bond acceptors (Lipinski definition) is 6. The summed E-state index contributed by atoms with van der Waals surface area (Å²) in [5, 5.41) is 7.71. The fourth-order valence-corrected chi connectivity index (χ4v) is 3.55. The molecule has 0 bridgehead atoms. The predicted octanol–water partition coefficient (Wildman–Crippen LogP) is 2.79. The Bertz CT molecular complexity index is 1060. The van der Waals surface area contributed by atoms with Crippen molar-refractivity contribution in [1.82, 2.24) is 20.1 Å². The number of likely N-dealkylation sites (tertiary alicyclic amines) is 1. The Kier molecular flexibility index (Phi) is 5.56. The highest BCUT2D eigenvalue weighted by Gasteiger charge is 2.28. The number of anilines is 1. The zero-order valence-corrected chi connectivity index (χ0v) is 16.6. The van der Waals surface area contributed by atoms with Crippen LogP contribution in [0.4, 0.5) is 10.1 Å². The van der Waals surface area contributed by atoms with Gasteiger partial charge in [-0.25, -0.2) is 4.39 Å². The minimum atomic E-state index is -0.297. The number of benzene rings is 1. The number of rotatable bonds is 5. The van der Waals surface area contributed by atoms with Crippen LogP contribution in [0.25, 0.3) is 11.3 Å². The lowest BCUT2D eigenvalue weighted by Gasteiger charge is -2.17. The third kappa shape index (κ3) is 4.37. The van der Waals surface area contributed by atoms with E-state index in [0.717, 1.165) is 17.5 Å². The summed E-state index contributed by atoms with van der Waals surface area (Å²) in [6, 6.07) is 11.5. The average molecular weight is 407 g/mol. The first kappa shape index (κ1) is 19.8. The number of nitrogens with two attached hydrogens (primary N) is 1. The Morgan fingerprint density at radius 2 is 2.17 bits per heavy atom. The number of hydrogen-bond donors (Lipinski definition) is 1. The number of carbonyl (C=O) groups is 1. The molecule has 1 amide bonds. The van der Waals surface area contributed by atoms with E-state index in [1.165, 1.54) is 12.1 Å². The lowest BCUT2D eigenvalue weighted by atomic mass is 10.0. The van der Waals surface area contributed by atoms with Crippen LogP contribution in [0.2, 0.25) is 0 Å². The predicted molar refractivity (Wildman–Crippen MR) is 110 cm³/mol. The molecular formula is C22H22FN5O2. The summed E-state index contributed by atoms with van der Waals surface area (Å²) in [6.45, 7) is 2.90. The molecule has 4 rings (SSSR count). The second-order valence-electron chi connectivity index (χ2n) is 7.30. The van der Waals surface area contributed by atoms with E-state index >= 15 is 0 Å². The van der Waals surface area contributed by atoms with Crippen LogP contribution in [-0.4, -0.2) is 45.2 Å². The van der Waals surface area contributed by atoms with Crippen LogP contribution in [0.15, 0.2) is 48.7 Å². The molecule has 1 unspecified atom stereocenters. The van der Waals surface area contributed by atoms with Gasteiger partial charge in [0.15, 0.2) is 0 Å². The number of carbonyl (C=O) groups excluding carboxylic acids is 1. The molecule has 0 aliphatic carbocycles. The van der Waals surface area contributed by atoms with Gasteiger partial charge in [0.05, 0.1) is 30.0 Å². The Morgan fingerprint density at radius 3 is 2.93 bits per heavy atom. The summed E-state index contributed by atoms with van der Waals surface area (Å²) in [5.41, 5.74) is 9.29. The molecule has 0 spiro atoms. The molecule has 7 nitrogen and oxygen atoms in total. The topological polar surface area (TPSA) is 94.2 Å². The molecule has 0 saturated carbocycles. The van der Waals surface area contributed by atoms with Crippen molar-refractivity contribution in [2.45, 2.75) is 25.9 Å². The van der Waals surface area contributed by atoms with Crippen LogP contribution < -0.4 is 10.5 Å². The average Bonchev–Trinajstić information content (AvgIpc) is 3.19. The molecule has 2 aromatic heterocycles. The SMILES string of the molecule is Cc1cc(F)ccc1-c1ccc(N)c(CC(=O)N2CCC(Oc3cccnn3)C2)n1. The normalized spacial score (nSPS) is 15.9. The second kappa shape index (κ2) is 8.44. The monoisotopic (exact) mass is 407 g/mol. The van der Waals surface area contributed by atoms with E-state index in [4.69, 9.17) is 10.5 Å². The van der Waals surface area contributed by atoms with Gasteiger partial charge in [0.1, 0.15) is 11.9 Å². The van der Waals surface area contributed by atoms with Crippen molar-refractivity contribution in [1.29, 1.82) is 0 Å². The highest BCUT2D eigenvalue weighted by Crippen LogP contribution is 2.25. The summed E-state index contributed by atoms with van der Waals surface area (Å²) >= 11 is 0. The fourth-order valence-electron chi connectivity index (χ4n) is 3.55. The van der Waals surface area contributed by atoms with Gasteiger partial charge in [-0.15, -0.1) is 5.10 Å². The molecule has 3 heterocycles. The fraction of sp³-hybridized carbons (Fsp3) is 0.273. The summed E-state index contributed by atoms with van der Waals surface area (Å²) in [4.78, 5) is 19.2. The maximum absolute atomic E-state index is 13.4. The van der Waals surface area contributed by atoms with Gasteiger partial charge in [-0.3, -0.25) is 9.78 Å². The van der Waals surface area contributed by atoms with E-state index in [0.29, 0.717) is 36.0 Å². The first-order valence-corrected chi connectivity index (χ1v) is 9.73. The quantitative estimate of drug-likeness (QED) is 0.699. The van der Waals surface area contributed by atoms with Crippen LogP contribution >= 0.6 is 0 Å². The van der Waals surface area contributed by atoms with E-state index in [1.807, 2.05) is 6.92 Å². The highest BCUT2D eigenvalue weighted by molar-refractivity contribution is 5.80. The maximum atomic E-state index is 13.4. The number of nitrogens with zero attached hydrogens (tertiary/aromatic N) is 4. The number of nitrogen functional groups attached to an aromatic ring is 1. The van der Waals surface area contributed by atoms with Gasteiger partial charge >= 0.3 is 0 Å². The molecule has 2 N–H and O–H groups in total. The van der Waals surface area contributed by atoms with E-state index < -0.39 is 0 Å². The van der Waals surface area contributed by atoms with E-state index in [1.54, 1.807) is 41.4 Å². The Morgan fingerprint density at radius 1 is 1.30 bits per heavy atom. The Labute approximate surface area is 173 Å².